The first-order valence-corrected chi connectivity index (χ1v) is 13.9. The van der Waals surface area contributed by atoms with E-state index in [9.17, 15) is 24.8 Å². The Hall–Kier alpha value is -4.60. The van der Waals surface area contributed by atoms with Crippen molar-refractivity contribution in [1.29, 1.82) is 5.26 Å². The lowest BCUT2D eigenvalue weighted by molar-refractivity contribution is -0.115. The number of nitrogens with zero attached hydrogens (tertiary/aromatic N) is 5. The van der Waals surface area contributed by atoms with E-state index in [1.54, 1.807) is 42.7 Å². The number of aromatic nitrogens is 3. The first-order chi connectivity index (χ1) is 19.8. The fourth-order valence-electron chi connectivity index (χ4n) is 4.85. The molecule has 12 heteroatoms. The molecule has 3 aromatic rings. The predicted octanol–water partition coefficient (Wildman–Crippen LogP) is 3.75. The van der Waals surface area contributed by atoms with Gasteiger partial charge in [-0.05, 0) is 79.9 Å². The van der Waals surface area contributed by atoms with Crippen molar-refractivity contribution in [3.63, 3.8) is 0 Å². The summed E-state index contributed by atoms with van der Waals surface area (Å²) in [5.41, 5.74) is 3.56. The number of anilines is 1. The molecular weight excluding hydrogens is 542 g/mol. The van der Waals surface area contributed by atoms with E-state index in [-0.39, 0.29) is 10.8 Å². The molecule has 0 saturated carbocycles. The van der Waals surface area contributed by atoms with Crippen LogP contribution >= 0.6 is 11.8 Å². The van der Waals surface area contributed by atoms with Crippen LogP contribution in [0.2, 0.25) is 0 Å². The van der Waals surface area contributed by atoms with Crippen LogP contribution in [0.1, 0.15) is 45.6 Å². The molecule has 3 N–H and O–H groups in total. The number of nitrogens with one attached hydrogen (secondary N) is 2. The third-order valence-electron chi connectivity index (χ3n) is 6.97. The zero-order chi connectivity index (χ0) is 28.9. The highest BCUT2D eigenvalue weighted by molar-refractivity contribution is 8.18. The van der Waals surface area contributed by atoms with Gasteiger partial charge in [0, 0.05) is 37.6 Å². The zero-order valence-corrected chi connectivity index (χ0v) is 23.1. The molecule has 208 valence electrons. The molecule has 11 nitrogen and oxygen atoms in total. The van der Waals surface area contributed by atoms with Crippen LogP contribution in [0, 0.1) is 24.2 Å². The van der Waals surface area contributed by atoms with E-state index in [4.69, 9.17) is 0 Å². The maximum Gasteiger partial charge on any atom is 0.336 e. The average molecular weight is 570 g/mol. The summed E-state index contributed by atoms with van der Waals surface area (Å²) in [6.07, 6.45) is 6.82. The molecule has 2 aliphatic heterocycles. The Morgan fingerprint density at radius 3 is 2.76 bits per heavy atom. The fourth-order valence-corrected chi connectivity index (χ4v) is 5.52. The molecule has 2 saturated heterocycles. The summed E-state index contributed by atoms with van der Waals surface area (Å²) in [4.78, 5) is 50.8. The Balaban J connectivity index is 1.15. The molecule has 0 bridgehead atoms. The van der Waals surface area contributed by atoms with Gasteiger partial charge in [-0.15, -0.1) is 0 Å². The highest BCUT2D eigenvalue weighted by Gasteiger charge is 2.26. The summed E-state index contributed by atoms with van der Waals surface area (Å²) in [6, 6.07) is 10.6. The number of nitriles is 1. The number of carbonyl (C=O) groups is 3. The molecule has 0 atom stereocenters. The molecule has 0 radical (unpaired) electrons. The van der Waals surface area contributed by atoms with Crippen molar-refractivity contribution in [2.45, 2.75) is 26.3 Å². The molecule has 2 amide bonds. The number of imide groups is 1. The second-order valence-corrected chi connectivity index (χ2v) is 10.9. The number of hydrogen-bond acceptors (Lipinski definition) is 10. The van der Waals surface area contributed by atoms with Crippen LogP contribution in [-0.4, -0.2) is 56.8 Å². The molecule has 2 fully saturated rings. The number of carboxylic acid groups (broad SMARTS) is 1. The van der Waals surface area contributed by atoms with Crippen molar-refractivity contribution in [3.8, 4) is 17.3 Å². The maximum absolute atomic E-state index is 11.8. The Kier molecular flexibility index (Phi) is 8.37. The molecular formula is C29H27N7O4S. The molecule has 0 spiro atoms. The second kappa shape index (κ2) is 12.3. The number of carbonyl (C=O) groups excluding carboxylic acids is 2. The van der Waals surface area contributed by atoms with Crippen molar-refractivity contribution in [3.05, 3.63) is 75.6 Å². The Morgan fingerprint density at radius 1 is 1.24 bits per heavy atom. The van der Waals surface area contributed by atoms with Crippen LogP contribution in [0.15, 0.2) is 47.6 Å². The average Bonchev–Trinajstić information content (AvgIpc) is 3.29. The van der Waals surface area contributed by atoms with Gasteiger partial charge in [-0.25, -0.2) is 14.8 Å². The normalized spacial score (nSPS) is 16.6. The fraction of sp³-hybridized carbons (Fsp3) is 0.276. The number of piperidine rings is 1. The summed E-state index contributed by atoms with van der Waals surface area (Å²) in [7, 11) is 0. The largest absolute Gasteiger partial charge is 0.478 e. The molecule has 5 rings (SSSR count). The van der Waals surface area contributed by atoms with Crippen molar-refractivity contribution in [2.75, 3.05) is 24.5 Å². The third-order valence-corrected chi connectivity index (χ3v) is 7.78. The van der Waals surface area contributed by atoms with E-state index in [0.29, 0.717) is 45.8 Å². The Labute approximate surface area is 240 Å². The number of amides is 2. The highest BCUT2D eigenvalue weighted by Crippen LogP contribution is 2.28. The van der Waals surface area contributed by atoms with Crippen LogP contribution < -0.4 is 15.5 Å². The highest BCUT2D eigenvalue weighted by atomic mass is 32.2. The van der Waals surface area contributed by atoms with E-state index in [2.05, 4.69) is 36.6 Å². The number of aryl methyl sites for hydroxylation is 1. The van der Waals surface area contributed by atoms with Gasteiger partial charge in [-0.3, -0.25) is 19.9 Å². The lowest BCUT2D eigenvalue weighted by Gasteiger charge is -2.32. The van der Waals surface area contributed by atoms with E-state index < -0.39 is 11.9 Å². The minimum atomic E-state index is -1.06. The van der Waals surface area contributed by atoms with Gasteiger partial charge in [-0.1, -0.05) is 11.6 Å². The summed E-state index contributed by atoms with van der Waals surface area (Å²) in [6.45, 7) is 4.78. The Morgan fingerprint density at radius 2 is 2.05 bits per heavy atom. The molecule has 41 heavy (non-hydrogen) atoms. The predicted molar refractivity (Wildman–Crippen MR) is 154 cm³/mol. The van der Waals surface area contributed by atoms with Gasteiger partial charge < -0.3 is 15.3 Å². The Bertz CT molecular complexity index is 1590. The smallest absolute Gasteiger partial charge is 0.336 e. The maximum atomic E-state index is 11.8. The van der Waals surface area contributed by atoms with E-state index in [0.717, 1.165) is 55.4 Å². The molecule has 2 aliphatic rings. The summed E-state index contributed by atoms with van der Waals surface area (Å²) in [5, 5.41) is 24.6. The number of benzene rings is 1. The number of hydrogen-bond donors (Lipinski definition) is 3. The van der Waals surface area contributed by atoms with Gasteiger partial charge in [0.25, 0.3) is 11.1 Å². The number of aromatic carboxylic acids is 1. The van der Waals surface area contributed by atoms with Gasteiger partial charge in [0.1, 0.15) is 6.07 Å². The van der Waals surface area contributed by atoms with Crippen molar-refractivity contribution in [1.82, 2.24) is 25.6 Å². The molecule has 0 unspecified atom stereocenters. The van der Waals surface area contributed by atoms with Crippen molar-refractivity contribution < 1.29 is 19.5 Å². The van der Waals surface area contributed by atoms with Gasteiger partial charge in [0.05, 0.1) is 27.4 Å². The standard InChI is InChI=1S/C29H27N7O4S/c1-17-2-3-22(27(38)39)23(10-17)25-20(13-30)11-19(16-33-25)15-31-14-18-5-8-36(9-6-18)28-32-7-4-21(34-28)12-24-26(37)35-29(40)41-24/h2-4,7,10-12,16,18,31H,5-6,8-9,14-15H2,1H3,(H,38,39)(H,35,37,40). The van der Waals surface area contributed by atoms with Gasteiger partial charge in [-0.2, -0.15) is 5.26 Å². The quantitative estimate of drug-likeness (QED) is 0.339. The van der Waals surface area contributed by atoms with Crippen LogP contribution in [0.5, 0.6) is 0 Å². The van der Waals surface area contributed by atoms with Gasteiger partial charge >= 0.3 is 5.97 Å². The van der Waals surface area contributed by atoms with Crippen LogP contribution in [0.3, 0.4) is 0 Å². The van der Waals surface area contributed by atoms with Crippen LogP contribution in [0.25, 0.3) is 17.3 Å². The number of carboxylic acids is 1. The number of rotatable bonds is 8. The SMILES string of the molecule is Cc1ccc(C(=O)O)c(-c2ncc(CNCC3CCN(c4nccc(C=C5SC(=O)NC5=O)n4)CC3)cc2C#N)c1. The lowest BCUT2D eigenvalue weighted by atomic mass is 9.96. The van der Waals surface area contributed by atoms with Crippen LogP contribution in [-0.2, 0) is 11.3 Å². The van der Waals surface area contributed by atoms with E-state index in [1.807, 2.05) is 6.92 Å². The molecule has 1 aromatic carbocycles. The monoisotopic (exact) mass is 569 g/mol. The molecule has 0 aliphatic carbocycles. The topological polar surface area (TPSA) is 161 Å². The van der Waals surface area contributed by atoms with E-state index >= 15 is 0 Å². The second-order valence-electron chi connectivity index (χ2n) is 9.90. The van der Waals surface area contributed by atoms with Gasteiger partial charge in [0.2, 0.25) is 5.95 Å². The third kappa shape index (κ3) is 6.59. The van der Waals surface area contributed by atoms with E-state index in [1.165, 1.54) is 6.07 Å². The lowest BCUT2D eigenvalue weighted by Crippen LogP contribution is -2.38. The van der Waals surface area contributed by atoms with Crippen LogP contribution in [0.4, 0.5) is 10.7 Å². The zero-order valence-electron chi connectivity index (χ0n) is 22.3. The van der Waals surface area contributed by atoms with Crippen molar-refractivity contribution >= 4 is 40.9 Å². The summed E-state index contributed by atoms with van der Waals surface area (Å²) >= 11 is 0.859. The first-order valence-electron chi connectivity index (χ1n) is 13.1. The minimum Gasteiger partial charge on any atom is -0.478 e. The first kappa shape index (κ1) is 27.9. The van der Waals surface area contributed by atoms with Crippen molar-refractivity contribution in [2.24, 2.45) is 5.92 Å². The molecule has 2 aromatic heterocycles. The number of pyridine rings is 1. The van der Waals surface area contributed by atoms with Gasteiger partial charge in [0.15, 0.2) is 0 Å². The minimum absolute atomic E-state index is 0.114. The molecule has 4 heterocycles. The summed E-state index contributed by atoms with van der Waals surface area (Å²) < 4.78 is 0. The number of thioether (sulfide) groups is 1. The summed E-state index contributed by atoms with van der Waals surface area (Å²) in [5.74, 6) is -0.429.